The number of pyridine rings is 1. The minimum absolute atomic E-state index is 0.367. The number of aromatic nitrogens is 3. The Hall–Kier alpha value is -2.64. The van der Waals surface area contributed by atoms with E-state index in [4.69, 9.17) is 11.6 Å². The third-order valence-corrected chi connectivity index (χ3v) is 4.32. The van der Waals surface area contributed by atoms with Crippen LogP contribution in [0.3, 0.4) is 0 Å². The van der Waals surface area contributed by atoms with Crippen LogP contribution >= 0.6 is 11.6 Å². The van der Waals surface area contributed by atoms with Gasteiger partial charge in [0.2, 0.25) is 0 Å². The fourth-order valence-corrected chi connectivity index (χ4v) is 2.91. The number of rotatable bonds is 5. The van der Waals surface area contributed by atoms with E-state index < -0.39 is 10.0 Å². The van der Waals surface area contributed by atoms with E-state index in [0.29, 0.717) is 16.5 Å². The maximum atomic E-state index is 12.1. The van der Waals surface area contributed by atoms with Crippen LogP contribution in [0.25, 0.3) is 11.9 Å². The van der Waals surface area contributed by atoms with Gasteiger partial charge in [0.1, 0.15) is 0 Å². The van der Waals surface area contributed by atoms with E-state index in [-0.39, 0.29) is 0 Å². The van der Waals surface area contributed by atoms with E-state index in [0.717, 1.165) is 11.0 Å². The van der Waals surface area contributed by atoms with Crippen molar-refractivity contribution in [1.29, 1.82) is 0 Å². The summed E-state index contributed by atoms with van der Waals surface area (Å²) in [6.45, 7) is 0. The van der Waals surface area contributed by atoms with Crippen LogP contribution in [0.15, 0.2) is 66.5 Å². The van der Waals surface area contributed by atoms with Gasteiger partial charge in [-0.3, -0.25) is 4.72 Å². The summed E-state index contributed by atoms with van der Waals surface area (Å²) in [6.07, 6.45) is 6.32. The standard InChI is InChI=1S/C16H13ClN4O2S/c17-14-4-2-13(3-5-14)8-11-24(22,23)20-15-6-7-16(18-12-15)21-10-1-9-19-21/h1-12,20H/b11-8+. The molecule has 0 amide bonds. The molecule has 0 aliphatic rings. The van der Waals surface area contributed by atoms with Crippen molar-refractivity contribution in [2.75, 3.05) is 4.72 Å². The van der Waals surface area contributed by atoms with Crippen LogP contribution in [0.5, 0.6) is 0 Å². The molecule has 8 heteroatoms. The molecule has 0 aliphatic carbocycles. The Morgan fingerprint density at radius 3 is 2.54 bits per heavy atom. The number of benzene rings is 1. The zero-order valence-electron chi connectivity index (χ0n) is 12.4. The summed E-state index contributed by atoms with van der Waals surface area (Å²) in [6, 6.07) is 11.9. The van der Waals surface area contributed by atoms with Crippen LogP contribution in [0.1, 0.15) is 5.56 Å². The molecular formula is C16H13ClN4O2S. The molecule has 0 atom stereocenters. The number of sulfonamides is 1. The first-order valence-corrected chi connectivity index (χ1v) is 8.87. The molecule has 0 aliphatic heterocycles. The van der Waals surface area contributed by atoms with E-state index in [2.05, 4.69) is 14.8 Å². The van der Waals surface area contributed by atoms with Crippen LogP contribution in [-0.4, -0.2) is 23.2 Å². The van der Waals surface area contributed by atoms with Gasteiger partial charge < -0.3 is 0 Å². The van der Waals surface area contributed by atoms with Crippen molar-refractivity contribution in [3.05, 3.63) is 77.0 Å². The van der Waals surface area contributed by atoms with E-state index in [1.54, 1.807) is 59.5 Å². The van der Waals surface area contributed by atoms with E-state index in [1.165, 1.54) is 12.3 Å². The quantitative estimate of drug-likeness (QED) is 0.757. The molecule has 2 heterocycles. The molecule has 122 valence electrons. The summed E-state index contributed by atoms with van der Waals surface area (Å²) < 4.78 is 28.2. The van der Waals surface area contributed by atoms with E-state index in [1.807, 2.05) is 0 Å². The van der Waals surface area contributed by atoms with Gasteiger partial charge in [0.25, 0.3) is 10.0 Å². The van der Waals surface area contributed by atoms with Gasteiger partial charge in [-0.2, -0.15) is 5.10 Å². The minimum Gasteiger partial charge on any atom is -0.279 e. The molecule has 0 radical (unpaired) electrons. The van der Waals surface area contributed by atoms with Gasteiger partial charge in [0.15, 0.2) is 5.82 Å². The Balaban J connectivity index is 1.71. The maximum absolute atomic E-state index is 12.1. The number of hydrogen-bond acceptors (Lipinski definition) is 4. The molecule has 0 saturated carbocycles. The molecule has 0 spiro atoms. The lowest BCUT2D eigenvalue weighted by Crippen LogP contribution is -2.09. The molecule has 0 fully saturated rings. The van der Waals surface area contributed by atoms with Crippen molar-refractivity contribution in [3.63, 3.8) is 0 Å². The summed E-state index contributed by atoms with van der Waals surface area (Å²) >= 11 is 5.79. The van der Waals surface area contributed by atoms with Gasteiger partial charge >= 0.3 is 0 Å². The van der Waals surface area contributed by atoms with Gasteiger partial charge in [0, 0.05) is 17.4 Å². The Bertz CT molecular complexity index is 935. The molecule has 24 heavy (non-hydrogen) atoms. The zero-order valence-corrected chi connectivity index (χ0v) is 13.9. The summed E-state index contributed by atoms with van der Waals surface area (Å²) in [5.41, 5.74) is 1.10. The Labute approximate surface area is 144 Å². The summed E-state index contributed by atoms with van der Waals surface area (Å²) in [4.78, 5) is 4.17. The first-order chi connectivity index (χ1) is 11.5. The lowest BCUT2D eigenvalue weighted by atomic mass is 10.2. The topological polar surface area (TPSA) is 76.9 Å². The molecule has 2 aromatic heterocycles. The minimum atomic E-state index is -3.64. The highest BCUT2D eigenvalue weighted by atomic mass is 35.5. The molecule has 0 unspecified atom stereocenters. The number of anilines is 1. The highest BCUT2D eigenvalue weighted by Crippen LogP contribution is 2.14. The number of halogens is 1. The van der Waals surface area contributed by atoms with Gasteiger partial charge in [-0.1, -0.05) is 23.7 Å². The third-order valence-electron chi connectivity index (χ3n) is 3.06. The highest BCUT2D eigenvalue weighted by Gasteiger charge is 2.06. The maximum Gasteiger partial charge on any atom is 0.255 e. The second kappa shape index (κ2) is 6.86. The monoisotopic (exact) mass is 360 g/mol. The van der Waals surface area contributed by atoms with Crippen molar-refractivity contribution in [2.45, 2.75) is 0 Å². The van der Waals surface area contributed by atoms with Crippen LogP contribution in [-0.2, 0) is 10.0 Å². The van der Waals surface area contributed by atoms with Gasteiger partial charge in [-0.25, -0.2) is 18.1 Å². The van der Waals surface area contributed by atoms with Crippen molar-refractivity contribution in [3.8, 4) is 5.82 Å². The largest absolute Gasteiger partial charge is 0.279 e. The highest BCUT2D eigenvalue weighted by molar-refractivity contribution is 7.95. The second-order valence-electron chi connectivity index (χ2n) is 4.86. The molecule has 1 aromatic carbocycles. The van der Waals surface area contributed by atoms with Crippen molar-refractivity contribution >= 4 is 33.4 Å². The zero-order chi connectivity index (χ0) is 17.0. The van der Waals surface area contributed by atoms with Crippen LogP contribution in [0, 0.1) is 0 Å². The normalized spacial score (nSPS) is 11.7. The van der Waals surface area contributed by atoms with Gasteiger partial charge in [-0.05, 0) is 42.0 Å². The Morgan fingerprint density at radius 1 is 1.12 bits per heavy atom. The number of nitrogens with zero attached hydrogens (tertiary/aromatic N) is 3. The molecule has 0 saturated heterocycles. The molecule has 6 nitrogen and oxygen atoms in total. The predicted octanol–water partition coefficient (Wildman–Crippen LogP) is 3.33. The van der Waals surface area contributed by atoms with Gasteiger partial charge in [-0.15, -0.1) is 0 Å². The summed E-state index contributed by atoms with van der Waals surface area (Å²) in [5, 5.41) is 5.74. The molecule has 3 aromatic rings. The van der Waals surface area contributed by atoms with Gasteiger partial charge in [0.05, 0.1) is 17.3 Å². The Morgan fingerprint density at radius 2 is 1.92 bits per heavy atom. The second-order valence-corrected chi connectivity index (χ2v) is 6.86. The first-order valence-electron chi connectivity index (χ1n) is 6.94. The third kappa shape index (κ3) is 4.21. The average Bonchev–Trinajstić information content (AvgIpc) is 3.09. The van der Waals surface area contributed by atoms with Crippen molar-refractivity contribution < 1.29 is 8.42 Å². The smallest absolute Gasteiger partial charge is 0.255 e. The molecular weight excluding hydrogens is 348 g/mol. The Kier molecular flexibility index (Phi) is 4.64. The fourth-order valence-electron chi connectivity index (χ4n) is 1.93. The van der Waals surface area contributed by atoms with Crippen LogP contribution in [0.2, 0.25) is 5.02 Å². The summed E-state index contributed by atoms with van der Waals surface area (Å²) in [5.74, 6) is 0.597. The van der Waals surface area contributed by atoms with Crippen molar-refractivity contribution in [2.24, 2.45) is 0 Å². The number of nitrogens with one attached hydrogen (secondary N) is 1. The first kappa shape index (κ1) is 16.2. The molecule has 3 rings (SSSR count). The van der Waals surface area contributed by atoms with Crippen molar-refractivity contribution in [1.82, 2.24) is 14.8 Å². The molecule has 0 bridgehead atoms. The average molecular weight is 361 g/mol. The SMILES string of the molecule is O=S(=O)(/C=C/c1ccc(Cl)cc1)Nc1ccc(-n2cccn2)nc1. The van der Waals surface area contributed by atoms with E-state index >= 15 is 0 Å². The predicted molar refractivity (Wildman–Crippen MR) is 94.4 cm³/mol. The lowest BCUT2D eigenvalue weighted by molar-refractivity contribution is 0.609. The fraction of sp³-hybridized carbons (Fsp3) is 0. The molecule has 1 N–H and O–H groups in total. The van der Waals surface area contributed by atoms with Crippen LogP contribution in [0.4, 0.5) is 5.69 Å². The lowest BCUT2D eigenvalue weighted by Gasteiger charge is -2.05. The number of hydrogen-bond donors (Lipinski definition) is 1. The summed E-state index contributed by atoms with van der Waals surface area (Å²) in [7, 11) is -3.64. The van der Waals surface area contributed by atoms with Crippen LogP contribution < -0.4 is 4.72 Å². The van der Waals surface area contributed by atoms with E-state index in [9.17, 15) is 8.42 Å².